The zero-order valence-electron chi connectivity index (χ0n) is 14.2. The number of likely N-dealkylation sites (tertiary alicyclic amines) is 2. The molecule has 0 saturated carbocycles. The van der Waals surface area contributed by atoms with Crippen molar-refractivity contribution in [3.8, 4) is 0 Å². The van der Waals surface area contributed by atoms with E-state index in [1.807, 2.05) is 19.1 Å². The second-order valence-corrected chi connectivity index (χ2v) is 6.84. The van der Waals surface area contributed by atoms with Crippen LogP contribution >= 0.6 is 0 Å². The summed E-state index contributed by atoms with van der Waals surface area (Å²) >= 11 is 0. The summed E-state index contributed by atoms with van der Waals surface area (Å²) in [6, 6.07) is 6.50. The topological polar surface area (TPSA) is 40.6 Å². The molecule has 3 rings (SSSR count). The summed E-state index contributed by atoms with van der Waals surface area (Å²) in [6.07, 6.45) is 4.52. The number of hydrogen-bond acceptors (Lipinski definition) is 3. The minimum absolute atomic E-state index is 0.0211. The van der Waals surface area contributed by atoms with Crippen LogP contribution in [0.1, 0.15) is 38.2 Å². The van der Waals surface area contributed by atoms with Crippen LogP contribution in [-0.2, 0) is 16.0 Å². The number of carbonyl (C=O) groups excluding carboxylic acids is 2. The Bertz CT molecular complexity index is 594. The number of likely N-dealkylation sites (N-methyl/N-ethyl adjacent to an activating group) is 1. The highest BCUT2D eigenvalue weighted by atomic mass is 19.1. The van der Waals surface area contributed by atoms with Gasteiger partial charge < -0.3 is 0 Å². The Labute approximate surface area is 142 Å². The number of rotatable bonds is 5. The number of aryl methyl sites for hydroxylation is 1. The second kappa shape index (κ2) is 7.43. The molecule has 2 amide bonds. The van der Waals surface area contributed by atoms with Crippen LogP contribution in [-0.4, -0.2) is 47.3 Å². The fraction of sp³-hybridized carbons (Fsp3) is 0.579. The van der Waals surface area contributed by atoms with Crippen LogP contribution in [0.2, 0.25) is 0 Å². The van der Waals surface area contributed by atoms with Crippen molar-refractivity contribution < 1.29 is 14.0 Å². The maximum Gasteiger partial charge on any atom is 0.247 e. The Balaban J connectivity index is 1.47. The van der Waals surface area contributed by atoms with Gasteiger partial charge in [0.1, 0.15) is 5.82 Å². The summed E-state index contributed by atoms with van der Waals surface area (Å²) in [7, 11) is 0. The van der Waals surface area contributed by atoms with Gasteiger partial charge in [0.15, 0.2) is 0 Å². The SMILES string of the molecule is CCN1C(=O)CC(N2CCC(CCc3ccc(F)cc3)CC2)C1=O. The van der Waals surface area contributed by atoms with Crippen molar-refractivity contribution in [2.24, 2.45) is 5.92 Å². The largest absolute Gasteiger partial charge is 0.292 e. The third kappa shape index (κ3) is 3.66. The van der Waals surface area contributed by atoms with Gasteiger partial charge in [-0.1, -0.05) is 12.1 Å². The van der Waals surface area contributed by atoms with E-state index >= 15 is 0 Å². The molecule has 130 valence electrons. The predicted octanol–water partition coefficient (Wildman–Crippen LogP) is 2.62. The summed E-state index contributed by atoms with van der Waals surface area (Å²) in [5, 5.41) is 0. The molecule has 0 aromatic heterocycles. The van der Waals surface area contributed by atoms with Gasteiger partial charge in [-0.2, -0.15) is 0 Å². The van der Waals surface area contributed by atoms with Crippen molar-refractivity contribution in [3.05, 3.63) is 35.6 Å². The first kappa shape index (κ1) is 17.1. The lowest BCUT2D eigenvalue weighted by Gasteiger charge is -2.34. The standard InChI is InChI=1S/C19H25FN2O2/c1-2-22-18(23)13-17(19(22)24)21-11-9-15(10-12-21)4-3-14-5-7-16(20)8-6-14/h5-8,15,17H,2-4,9-13H2,1H3. The summed E-state index contributed by atoms with van der Waals surface area (Å²) in [6.45, 7) is 4.09. The van der Waals surface area contributed by atoms with Gasteiger partial charge in [0, 0.05) is 6.54 Å². The first-order chi connectivity index (χ1) is 11.6. The average Bonchev–Trinajstić information content (AvgIpc) is 2.89. The molecule has 5 heteroatoms. The molecule has 4 nitrogen and oxygen atoms in total. The van der Waals surface area contributed by atoms with Crippen LogP contribution in [0, 0.1) is 11.7 Å². The fourth-order valence-electron chi connectivity index (χ4n) is 3.86. The van der Waals surface area contributed by atoms with E-state index in [2.05, 4.69) is 4.90 Å². The van der Waals surface area contributed by atoms with Crippen molar-refractivity contribution in [2.45, 2.75) is 45.1 Å². The molecular weight excluding hydrogens is 307 g/mol. The van der Waals surface area contributed by atoms with Crippen molar-refractivity contribution in [2.75, 3.05) is 19.6 Å². The molecule has 0 radical (unpaired) electrons. The Morgan fingerprint density at radius 2 is 1.79 bits per heavy atom. The van der Waals surface area contributed by atoms with Crippen molar-refractivity contribution in [1.82, 2.24) is 9.80 Å². The molecule has 2 saturated heterocycles. The molecule has 2 aliphatic heterocycles. The molecule has 2 heterocycles. The summed E-state index contributed by atoms with van der Waals surface area (Å²) in [4.78, 5) is 27.7. The van der Waals surface area contributed by atoms with Crippen molar-refractivity contribution in [1.29, 1.82) is 0 Å². The molecule has 0 aliphatic carbocycles. The average molecular weight is 332 g/mol. The molecule has 1 aromatic rings. The number of imide groups is 1. The minimum atomic E-state index is -0.240. The fourth-order valence-corrected chi connectivity index (χ4v) is 3.86. The number of carbonyl (C=O) groups is 2. The molecule has 1 unspecified atom stereocenters. The zero-order valence-corrected chi connectivity index (χ0v) is 14.2. The van der Waals surface area contributed by atoms with E-state index in [1.165, 1.54) is 22.6 Å². The van der Waals surface area contributed by atoms with E-state index in [4.69, 9.17) is 0 Å². The first-order valence-corrected chi connectivity index (χ1v) is 8.91. The molecule has 2 aliphatic rings. The highest BCUT2D eigenvalue weighted by Gasteiger charge is 2.41. The lowest BCUT2D eigenvalue weighted by molar-refractivity contribution is -0.139. The highest BCUT2D eigenvalue weighted by molar-refractivity contribution is 6.05. The van der Waals surface area contributed by atoms with Gasteiger partial charge in [0.05, 0.1) is 12.5 Å². The second-order valence-electron chi connectivity index (χ2n) is 6.84. The summed E-state index contributed by atoms with van der Waals surface area (Å²) in [5.41, 5.74) is 1.17. The summed E-state index contributed by atoms with van der Waals surface area (Å²) in [5.74, 6) is 0.392. The Morgan fingerprint density at radius 3 is 2.38 bits per heavy atom. The predicted molar refractivity (Wildman–Crippen MR) is 89.8 cm³/mol. The molecule has 2 fully saturated rings. The maximum atomic E-state index is 12.9. The highest BCUT2D eigenvalue weighted by Crippen LogP contribution is 2.27. The molecule has 1 aromatic carbocycles. The van der Waals surface area contributed by atoms with Crippen LogP contribution < -0.4 is 0 Å². The van der Waals surface area contributed by atoms with Gasteiger partial charge in [-0.15, -0.1) is 0 Å². The molecule has 0 bridgehead atoms. The van der Waals surface area contributed by atoms with Gasteiger partial charge in [-0.3, -0.25) is 19.4 Å². The molecular formula is C19H25FN2O2. The van der Waals surface area contributed by atoms with Crippen LogP contribution in [0.3, 0.4) is 0 Å². The lowest BCUT2D eigenvalue weighted by atomic mass is 9.90. The number of nitrogens with zero attached hydrogens (tertiary/aromatic N) is 2. The first-order valence-electron chi connectivity index (χ1n) is 8.91. The van der Waals surface area contributed by atoms with E-state index in [0.717, 1.165) is 38.8 Å². The van der Waals surface area contributed by atoms with Crippen LogP contribution in [0.15, 0.2) is 24.3 Å². The van der Waals surface area contributed by atoms with E-state index in [-0.39, 0.29) is 23.7 Å². The van der Waals surface area contributed by atoms with Crippen molar-refractivity contribution in [3.63, 3.8) is 0 Å². The number of halogens is 1. The Hall–Kier alpha value is -1.75. The van der Waals surface area contributed by atoms with Crippen LogP contribution in [0.4, 0.5) is 4.39 Å². The van der Waals surface area contributed by atoms with Gasteiger partial charge in [0.25, 0.3) is 0 Å². The maximum absolute atomic E-state index is 12.9. The summed E-state index contributed by atoms with van der Waals surface area (Å²) < 4.78 is 12.9. The van der Waals surface area contributed by atoms with E-state index in [1.54, 1.807) is 0 Å². The number of amides is 2. The normalized spacial score (nSPS) is 23.2. The molecule has 1 atom stereocenters. The number of hydrogen-bond donors (Lipinski definition) is 0. The van der Waals surface area contributed by atoms with E-state index in [0.29, 0.717) is 18.9 Å². The van der Waals surface area contributed by atoms with Gasteiger partial charge >= 0.3 is 0 Å². The number of benzene rings is 1. The molecule has 24 heavy (non-hydrogen) atoms. The third-order valence-electron chi connectivity index (χ3n) is 5.38. The number of piperidine rings is 1. The third-order valence-corrected chi connectivity index (χ3v) is 5.38. The van der Waals surface area contributed by atoms with Gasteiger partial charge in [-0.05, 0) is 69.3 Å². The smallest absolute Gasteiger partial charge is 0.247 e. The van der Waals surface area contributed by atoms with E-state index in [9.17, 15) is 14.0 Å². The van der Waals surface area contributed by atoms with Crippen LogP contribution in [0.5, 0.6) is 0 Å². The monoisotopic (exact) mass is 332 g/mol. The zero-order chi connectivity index (χ0) is 17.1. The molecule has 0 N–H and O–H groups in total. The van der Waals surface area contributed by atoms with Gasteiger partial charge in [0.2, 0.25) is 11.8 Å². The Morgan fingerprint density at radius 1 is 1.12 bits per heavy atom. The quantitative estimate of drug-likeness (QED) is 0.778. The van der Waals surface area contributed by atoms with Gasteiger partial charge in [-0.25, -0.2) is 4.39 Å². The lowest BCUT2D eigenvalue weighted by Crippen LogP contribution is -2.45. The van der Waals surface area contributed by atoms with Crippen molar-refractivity contribution >= 4 is 11.8 Å². The minimum Gasteiger partial charge on any atom is -0.292 e. The Kier molecular flexibility index (Phi) is 5.29. The molecule has 0 spiro atoms. The van der Waals surface area contributed by atoms with E-state index < -0.39 is 0 Å². The van der Waals surface area contributed by atoms with Crippen LogP contribution in [0.25, 0.3) is 0 Å².